The number of nitrogens with zero attached hydrogens (tertiary/aromatic N) is 1. The van der Waals surface area contributed by atoms with Gasteiger partial charge in [-0.15, -0.1) is 23.1 Å². The van der Waals surface area contributed by atoms with Gasteiger partial charge in [0.25, 0.3) is 0 Å². The predicted molar refractivity (Wildman–Crippen MR) is 91.6 cm³/mol. The number of halogens is 6. The maximum Gasteiger partial charge on any atom is 0.416 e. The highest BCUT2D eigenvalue weighted by Crippen LogP contribution is 2.37. The van der Waals surface area contributed by atoms with Gasteiger partial charge in [0.05, 0.1) is 21.5 Å². The van der Waals surface area contributed by atoms with Gasteiger partial charge in [0.1, 0.15) is 5.01 Å². The van der Waals surface area contributed by atoms with E-state index >= 15 is 0 Å². The quantitative estimate of drug-likeness (QED) is 0.344. The van der Waals surface area contributed by atoms with Crippen LogP contribution in [0.15, 0.2) is 41.3 Å². The van der Waals surface area contributed by atoms with Gasteiger partial charge in [-0.2, -0.15) is 26.3 Å². The van der Waals surface area contributed by atoms with Gasteiger partial charge in [-0.05, 0) is 36.8 Å². The molecule has 1 heterocycles. The maximum absolute atomic E-state index is 12.8. The van der Waals surface area contributed by atoms with Gasteiger partial charge in [-0.25, -0.2) is 4.98 Å². The minimum absolute atomic E-state index is 0.213. The lowest BCUT2D eigenvalue weighted by Crippen LogP contribution is -2.10. The molecule has 0 atom stereocenters. The summed E-state index contributed by atoms with van der Waals surface area (Å²) in [5.74, 6) is -1.01. The maximum atomic E-state index is 12.8. The van der Waals surface area contributed by atoms with Gasteiger partial charge in [-0.1, -0.05) is 12.1 Å². The standard InChI is InChI=1S/C17H11F6NS2/c1-9-2-3-10(6-14(9)25-8-16(18,19)20)15-24-12-7-11(17(21,22)23)4-5-13(12)26-15/h2-7H,8H2,1H3. The Kier molecular flexibility index (Phi) is 4.96. The van der Waals surface area contributed by atoms with Gasteiger partial charge in [0, 0.05) is 10.5 Å². The zero-order valence-electron chi connectivity index (χ0n) is 13.2. The summed E-state index contributed by atoms with van der Waals surface area (Å²) in [5.41, 5.74) is 0.704. The summed E-state index contributed by atoms with van der Waals surface area (Å²) in [6.45, 7) is 1.70. The van der Waals surface area contributed by atoms with Crippen LogP contribution in [0.4, 0.5) is 26.3 Å². The first-order chi connectivity index (χ1) is 12.0. The number of alkyl halides is 6. The Labute approximate surface area is 153 Å². The van der Waals surface area contributed by atoms with E-state index in [2.05, 4.69) is 4.98 Å². The third-order valence-electron chi connectivity index (χ3n) is 3.54. The minimum Gasteiger partial charge on any atom is -0.236 e. The molecule has 0 amide bonds. The summed E-state index contributed by atoms with van der Waals surface area (Å²) < 4.78 is 76.3. The number of fused-ring (bicyclic) bond motifs is 1. The van der Waals surface area contributed by atoms with Crippen LogP contribution in [0.2, 0.25) is 0 Å². The summed E-state index contributed by atoms with van der Waals surface area (Å²) in [5, 5.41) is 0.466. The summed E-state index contributed by atoms with van der Waals surface area (Å²) in [6.07, 6.45) is -8.74. The van der Waals surface area contributed by atoms with E-state index in [4.69, 9.17) is 0 Å². The van der Waals surface area contributed by atoms with E-state index in [1.54, 1.807) is 25.1 Å². The average molecular weight is 407 g/mol. The number of thioether (sulfide) groups is 1. The zero-order valence-corrected chi connectivity index (χ0v) is 14.8. The largest absolute Gasteiger partial charge is 0.416 e. The zero-order chi connectivity index (χ0) is 19.1. The third kappa shape index (κ3) is 4.32. The van der Waals surface area contributed by atoms with Crippen LogP contribution < -0.4 is 0 Å². The Hall–Kier alpha value is -1.74. The molecule has 1 nitrogen and oxygen atoms in total. The molecule has 0 fully saturated rings. The SMILES string of the molecule is Cc1ccc(-c2nc3cc(C(F)(F)F)ccc3s2)cc1SCC(F)(F)F. The van der Waals surface area contributed by atoms with Crippen LogP contribution in [0.25, 0.3) is 20.8 Å². The molecule has 3 aromatic rings. The number of benzene rings is 2. The van der Waals surface area contributed by atoms with Crippen LogP contribution in [0, 0.1) is 6.92 Å². The van der Waals surface area contributed by atoms with E-state index in [-0.39, 0.29) is 5.52 Å². The van der Waals surface area contributed by atoms with Crippen LogP contribution in [-0.4, -0.2) is 16.9 Å². The Morgan fingerprint density at radius 3 is 2.38 bits per heavy atom. The van der Waals surface area contributed by atoms with E-state index < -0.39 is 23.7 Å². The molecule has 0 saturated carbocycles. The molecular formula is C17H11F6NS2. The van der Waals surface area contributed by atoms with Gasteiger partial charge < -0.3 is 0 Å². The molecular weight excluding hydrogens is 396 g/mol. The van der Waals surface area contributed by atoms with Crippen LogP contribution in [0.5, 0.6) is 0 Å². The number of hydrogen-bond donors (Lipinski definition) is 0. The van der Waals surface area contributed by atoms with E-state index in [0.717, 1.165) is 12.1 Å². The molecule has 0 bridgehead atoms. The molecule has 0 N–H and O–H groups in total. The minimum atomic E-state index is -4.46. The van der Waals surface area contributed by atoms with Gasteiger partial charge in [0.2, 0.25) is 0 Å². The molecule has 1 aromatic heterocycles. The Morgan fingerprint density at radius 1 is 1.00 bits per heavy atom. The number of hydrogen-bond acceptors (Lipinski definition) is 3. The normalized spacial score (nSPS) is 12.7. The molecule has 3 rings (SSSR count). The average Bonchev–Trinajstić information content (AvgIpc) is 2.95. The summed E-state index contributed by atoms with van der Waals surface area (Å²) in [6, 6.07) is 8.30. The van der Waals surface area contributed by atoms with E-state index in [1.165, 1.54) is 17.4 Å². The molecule has 9 heteroatoms. The number of aryl methyl sites for hydroxylation is 1. The molecule has 0 radical (unpaired) electrons. The van der Waals surface area contributed by atoms with Gasteiger partial charge in [-0.3, -0.25) is 0 Å². The van der Waals surface area contributed by atoms with Gasteiger partial charge >= 0.3 is 12.4 Å². The molecule has 0 aliphatic heterocycles. The van der Waals surface area contributed by atoms with Crippen LogP contribution >= 0.6 is 23.1 Å². The summed E-state index contributed by atoms with van der Waals surface area (Å²) in [4.78, 5) is 4.69. The van der Waals surface area contributed by atoms with Crippen molar-refractivity contribution in [3.8, 4) is 10.6 Å². The van der Waals surface area contributed by atoms with E-state index in [1.807, 2.05) is 0 Å². The van der Waals surface area contributed by atoms with Gasteiger partial charge in [0.15, 0.2) is 0 Å². The first-order valence-electron chi connectivity index (χ1n) is 7.31. The lowest BCUT2D eigenvalue weighted by atomic mass is 10.1. The van der Waals surface area contributed by atoms with Crippen molar-refractivity contribution in [3.05, 3.63) is 47.5 Å². The highest BCUT2D eigenvalue weighted by atomic mass is 32.2. The van der Waals surface area contributed by atoms with Crippen molar-refractivity contribution in [2.45, 2.75) is 24.2 Å². The summed E-state index contributed by atoms with van der Waals surface area (Å²) in [7, 11) is 0. The highest BCUT2D eigenvalue weighted by Gasteiger charge is 2.31. The van der Waals surface area contributed by atoms with Crippen LogP contribution in [0.1, 0.15) is 11.1 Å². The molecule has 2 aromatic carbocycles. The predicted octanol–water partition coefficient (Wildman–Crippen LogP) is 6.94. The fourth-order valence-corrected chi connectivity index (χ4v) is 4.04. The van der Waals surface area contributed by atoms with Crippen molar-refractivity contribution in [1.82, 2.24) is 4.98 Å². The van der Waals surface area contributed by atoms with Crippen molar-refractivity contribution in [3.63, 3.8) is 0 Å². The first-order valence-corrected chi connectivity index (χ1v) is 9.11. The Balaban J connectivity index is 1.96. The lowest BCUT2D eigenvalue weighted by Gasteiger charge is -2.09. The van der Waals surface area contributed by atoms with Crippen molar-refractivity contribution in [2.24, 2.45) is 0 Å². The number of rotatable bonds is 3. The smallest absolute Gasteiger partial charge is 0.236 e. The Morgan fingerprint density at radius 2 is 1.73 bits per heavy atom. The second-order valence-corrected chi connectivity index (χ2v) is 7.63. The number of thiazole rings is 1. The first kappa shape index (κ1) is 19.0. The summed E-state index contributed by atoms with van der Waals surface area (Å²) >= 11 is 1.88. The molecule has 26 heavy (non-hydrogen) atoms. The molecule has 0 spiro atoms. The van der Waals surface area contributed by atoms with Crippen molar-refractivity contribution < 1.29 is 26.3 Å². The molecule has 0 unspecified atom stereocenters. The van der Waals surface area contributed by atoms with Crippen LogP contribution in [0.3, 0.4) is 0 Å². The lowest BCUT2D eigenvalue weighted by molar-refractivity contribution is -0.137. The molecule has 0 aliphatic rings. The second-order valence-electron chi connectivity index (χ2n) is 5.58. The van der Waals surface area contributed by atoms with E-state index in [0.29, 0.717) is 37.5 Å². The second kappa shape index (κ2) is 6.77. The highest BCUT2D eigenvalue weighted by molar-refractivity contribution is 7.99. The van der Waals surface area contributed by atoms with E-state index in [9.17, 15) is 26.3 Å². The fourth-order valence-electron chi connectivity index (χ4n) is 2.28. The monoisotopic (exact) mass is 407 g/mol. The van der Waals surface area contributed by atoms with Crippen LogP contribution in [-0.2, 0) is 6.18 Å². The molecule has 138 valence electrons. The molecule has 0 aliphatic carbocycles. The third-order valence-corrected chi connectivity index (χ3v) is 5.85. The van der Waals surface area contributed by atoms with Crippen molar-refractivity contribution in [1.29, 1.82) is 0 Å². The van der Waals surface area contributed by atoms with Crippen molar-refractivity contribution in [2.75, 3.05) is 5.75 Å². The molecule has 0 saturated heterocycles. The topological polar surface area (TPSA) is 12.9 Å². The Bertz CT molecular complexity index is 943. The van der Waals surface area contributed by atoms with Crippen molar-refractivity contribution >= 4 is 33.3 Å². The number of aromatic nitrogens is 1. The fraction of sp³-hybridized carbons (Fsp3) is 0.235.